The number of carbonyl (C=O) groups excluding carboxylic acids is 1. The minimum atomic E-state index is -4.16. The van der Waals surface area contributed by atoms with Crippen molar-refractivity contribution < 1.29 is 27.2 Å². The molecule has 3 rings (SSSR count). The van der Waals surface area contributed by atoms with Crippen LogP contribution in [-0.2, 0) is 21.5 Å². The van der Waals surface area contributed by atoms with Gasteiger partial charge in [0.05, 0.1) is 17.8 Å². The number of carbonyl (C=O) groups is 1. The van der Waals surface area contributed by atoms with Crippen LogP contribution in [-0.4, -0.2) is 32.1 Å². The summed E-state index contributed by atoms with van der Waals surface area (Å²) in [5.41, 5.74) is 2.91. The zero-order valence-corrected chi connectivity index (χ0v) is 19.9. The Kier molecular flexibility index (Phi) is 7.85. The van der Waals surface area contributed by atoms with Gasteiger partial charge in [0, 0.05) is 6.20 Å². The molecule has 180 valence electrons. The molecule has 0 saturated carbocycles. The van der Waals surface area contributed by atoms with Crippen molar-refractivity contribution in [2.45, 2.75) is 38.6 Å². The van der Waals surface area contributed by atoms with Crippen LogP contribution in [0.15, 0.2) is 65.8 Å². The number of nitrogens with two attached hydrogens (primary N) is 1. The standard InChI is InChI=1S/C24H26FN3O5S/c1-16-12-21(28(14-18(3)25)34(30,31)23-6-4-5-11-27-23)22(13-17(16)2)32-15-19-7-9-20(10-8-19)24(29)33-26/h4-13,18H,14-15,26H2,1-3H3. The van der Waals surface area contributed by atoms with Crippen LogP contribution in [0.5, 0.6) is 5.75 Å². The Hall–Kier alpha value is -3.50. The average Bonchev–Trinajstić information content (AvgIpc) is 2.83. The van der Waals surface area contributed by atoms with Crippen molar-refractivity contribution in [2.24, 2.45) is 5.90 Å². The summed E-state index contributed by atoms with van der Waals surface area (Å²) >= 11 is 0. The third kappa shape index (κ3) is 5.70. The molecule has 0 aliphatic rings. The van der Waals surface area contributed by atoms with Gasteiger partial charge in [0.1, 0.15) is 18.5 Å². The molecule has 2 aromatic carbocycles. The fourth-order valence-corrected chi connectivity index (χ4v) is 4.69. The van der Waals surface area contributed by atoms with Crippen LogP contribution >= 0.6 is 0 Å². The van der Waals surface area contributed by atoms with Gasteiger partial charge in [-0.1, -0.05) is 18.2 Å². The third-order valence-corrected chi connectivity index (χ3v) is 6.84. The van der Waals surface area contributed by atoms with E-state index in [1.165, 1.54) is 31.3 Å². The molecule has 1 unspecified atom stereocenters. The van der Waals surface area contributed by atoms with Gasteiger partial charge in [-0.05, 0) is 73.9 Å². The van der Waals surface area contributed by atoms with Crippen LogP contribution < -0.4 is 14.9 Å². The highest BCUT2D eigenvalue weighted by Crippen LogP contribution is 2.35. The molecule has 0 aliphatic heterocycles. The molecule has 0 aliphatic carbocycles. The van der Waals surface area contributed by atoms with Crippen molar-refractivity contribution in [3.63, 3.8) is 0 Å². The molecule has 2 N–H and O–H groups in total. The van der Waals surface area contributed by atoms with Crippen molar-refractivity contribution in [3.8, 4) is 5.75 Å². The predicted molar refractivity (Wildman–Crippen MR) is 126 cm³/mol. The van der Waals surface area contributed by atoms with E-state index >= 15 is 0 Å². The fourth-order valence-electron chi connectivity index (χ4n) is 3.22. The summed E-state index contributed by atoms with van der Waals surface area (Å²) in [6.07, 6.45) is -0.0749. The predicted octanol–water partition coefficient (Wildman–Crippen LogP) is 3.86. The summed E-state index contributed by atoms with van der Waals surface area (Å²) < 4.78 is 48.0. The van der Waals surface area contributed by atoms with Crippen LogP contribution in [0.1, 0.15) is 34.0 Å². The Morgan fingerprint density at radius 1 is 1.12 bits per heavy atom. The van der Waals surface area contributed by atoms with E-state index < -0.39 is 28.7 Å². The first-order valence-corrected chi connectivity index (χ1v) is 11.9. The van der Waals surface area contributed by atoms with E-state index in [1.54, 1.807) is 36.4 Å². The Bertz CT molecular complexity index is 1250. The Morgan fingerprint density at radius 2 is 1.79 bits per heavy atom. The summed E-state index contributed by atoms with van der Waals surface area (Å²) in [5.74, 6) is 4.51. The van der Waals surface area contributed by atoms with E-state index in [1.807, 2.05) is 13.8 Å². The number of hydrogen-bond acceptors (Lipinski definition) is 7. The highest BCUT2D eigenvalue weighted by Gasteiger charge is 2.30. The summed E-state index contributed by atoms with van der Waals surface area (Å²) in [6.45, 7) is 4.66. The summed E-state index contributed by atoms with van der Waals surface area (Å²) in [4.78, 5) is 19.7. The molecule has 1 atom stereocenters. The van der Waals surface area contributed by atoms with Crippen LogP contribution in [0.4, 0.5) is 10.1 Å². The number of hydrogen-bond donors (Lipinski definition) is 1. The zero-order chi connectivity index (χ0) is 24.9. The number of nitrogens with zero attached hydrogens (tertiary/aromatic N) is 2. The molecule has 10 heteroatoms. The van der Waals surface area contributed by atoms with Crippen LogP contribution in [0, 0.1) is 13.8 Å². The largest absolute Gasteiger partial charge is 0.487 e. The highest BCUT2D eigenvalue weighted by molar-refractivity contribution is 7.92. The second kappa shape index (κ2) is 10.6. The van der Waals surface area contributed by atoms with Crippen molar-refractivity contribution in [1.29, 1.82) is 0 Å². The number of rotatable bonds is 9. The topological polar surface area (TPSA) is 112 Å². The number of ether oxygens (including phenoxy) is 1. The van der Waals surface area contributed by atoms with Crippen molar-refractivity contribution in [2.75, 3.05) is 10.8 Å². The maximum absolute atomic E-state index is 14.2. The summed E-state index contributed by atoms with van der Waals surface area (Å²) in [5, 5.41) is -0.192. The van der Waals surface area contributed by atoms with Gasteiger partial charge in [-0.2, -0.15) is 14.3 Å². The van der Waals surface area contributed by atoms with Gasteiger partial charge in [-0.25, -0.2) is 14.2 Å². The van der Waals surface area contributed by atoms with Crippen LogP contribution in [0.3, 0.4) is 0 Å². The Balaban J connectivity index is 1.99. The number of alkyl halides is 1. The monoisotopic (exact) mass is 487 g/mol. The van der Waals surface area contributed by atoms with Crippen LogP contribution in [0.25, 0.3) is 0 Å². The molecule has 0 spiro atoms. The zero-order valence-electron chi connectivity index (χ0n) is 19.1. The SMILES string of the molecule is Cc1cc(OCc2ccc(C(=O)ON)cc2)c(N(CC(C)F)S(=O)(=O)c2ccccn2)cc1C. The maximum Gasteiger partial charge on any atom is 0.356 e. The van der Waals surface area contributed by atoms with Gasteiger partial charge in [-0.15, -0.1) is 0 Å². The second-order valence-electron chi connectivity index (χ2n) is 7.78. The van der Waals surface area contributed by atoms with E-state index in [4.69, 9.17) is 10.6 Å². The smallest absolute Gasteiger partial charge is 0.356 e. The molecule has 0 amide bonds. The minimum absolute atomic E-state index is 0.0795. The molecular weight excluding hydrogens is 461 g/mol. The van der Waals surface area contributed by atoms with E-state index in [9.17, 15) is 17.6 Å². The fraction of sp³-hybridized carbons (Fsp3) is 0.250. The molecule has 0 radical (unpaired) electrons. The van der Waals surface area contributed by atoms with Crippen molar-refractivity contribution in [1.82, 2.24) is 4.98 Å². The minimum Gasteiger partial charge on any atom is -0.487 e. The van der Waals surface area contributed by atoms with Gasteiger partial charge in [0.2, 0.25) is 0 Å². The number of halogens is 1. The summed E-state index contributed by atoms with van der Waals surface area (Å²) in [6, 6.07) is 14.3. The van der Waals surface area contributed by atoms with E-state index in [-0.39, 0.29) is 28.6 Å². The molecule has 1 heterocycles. The van der Waals surface area contributed by atoms with E-state index in [0.29, 0.717) is 0 Å². The second-order valence-corrected chi connectivity index (χ2v) is 9.59. The number of benzene rings is 2. The van der Waals surface area contributed by atoms with Gasteiger partial charge in [0.25, 0.3) is 10.0 Å². The lowest BCUT2D eigenvalue weighted by Crippen LogP contribution is -2.36. The number of pyridine rings is 1. The molecule has 8 nitrogen and oxygen atoms in total. The molecule has 3 aromatic rings. The highest BCUT2D eigenvalue weighted by atomic mass is 32.2. The number of sulfonamides is 1. The lowest BCUT2D eigenvalue weighted by molar-refractivity contribution is 0.0503. The normalized spacial score (nSPS) is 12.1. The van der Waals surface area contributed by atoms with E-state index in [0.717, 1.165) is 21.0 Å². The maximum atomic E-state index is 14.2. The lowest BCUT2D eigenvalue weighted by Gasteiger charge is -2.27. The first-order chi connectivity index (χ1) is 16.1. The Morgan fingerprint density at radius 3 is 2.38 bits per heavy atom. The number of aromatic nitrogens is 1. The lowest BCUT2D eigenvalue weighted by atomic mass is 10.1. The average molecular weight is 488 g/mol. The van der Waals surface area contributed by atoms with Gasteiger partial charge < -0.3 is 9.57 Å². The third-order valence-electron chi connectivity index (χ3n) is 5.14. The van der Waals surface area contributed by atoms with Gasteiger partial charge in [-0.3, -0.25) is 4.31 Å². The quantitative estimate of drug-likeness (QED) is 0.456. The van der Waals surface area contributed by atoms with E-state index in [2.05, 4.69) is 9.82 Å². The molecular formula is C24H26FN3O5S. The molecule has 34 heavy (non-hydrogen) atoms. The molecule has 0 saturated heterocycles. The number of aryl methyl sites for hydroxylation is 2. The molecule has 0 fully saturated rings. The van der Waals surface area contributed by atoms with Crippen LogP contribution in [0.2, 0.25) is 0 Å². The van der Waals surface area contributed by atoms with Crippen molar-refractivity contribution >= 4 is 21.7 Å². The Labute approximate surface area is 198 Å². The first kappa shape index (κ1) is 25.1. The molecule has 0 bridgehead atoms. The summed E-state index contributed by atoms with van der Waals surface area (Å²) in [7, 11) is -4.16. The van der Waals surface area contributed by atoms with Gasteiger partial charge >= 0.3 is 5.97 Å². The first-order valence-electron chi connectivity index (χ1n) is 10.5. The number of anilines is 1. The molecule has 1 aromatic heterocycles. The van der Waals surface area contributed by atoms with Gasteiger partial charge in [0.15, 0.2) is 5.03 Å². The van der Waals surface area contributed by atoms with Crippen molar-refractivity contribution in [3.05, 3.63) is 83.0 Å².